The van der Waals surface area contributed by atoms with Crippen LogP contribution in [0.15, 0.2) is 212 Å². The molecular formula is C66H35B2N5O2. The zero-order valence-corrected chi connectivity index (χ0v) is 39.9. The van der Waals surface area contributed by atoms with E-state index < -0.39 is 0 Å². The van der Waals surface area contributed by atoms with Crippen LogP contribution >= 0.6 is 0 Å². The second-order valence-corrected chi connectivity index (χ2v) is 21.1. The summed E-state index contributed by atoms with van der Waals surface area (Å²) in [7, 11) is 0. The van der Waals surface area contributed by atoms with Crippen LogP contribution in [0.4, 0.5) is 34.1 Å². The van der Waals surface area contributed by atoms with Crippen molar-refractivity contribution in [1.29, 1.82) is 0 Å². The van der Waals surface area contributed by atoms with Crippen molar-refractivity contribution in [2.45, 2.75) is 0 Å². The van der Waals surface area contributed by atoms with Crippen molar-refractivity contribution in [3.63, 3.8) is 0 Å². The average Bonchev–Trinajstić information content (AvgIpc) is 4.30. The molecule has 0 aliphatic carbocycles. The number of para-hydroxylation sites is 12. The van der Waals surface area contributed by atoms with E-state index in [9.17, 15) is 0 Å². The largest absolute Gasteiger partial charge is 0.453 e. The van der Waals surface area contributed by atoms with Gasteiger partial charge in [0.05, 0.1) is 33.8 Å². The third kappa shape index (κ3) is 4.30. The lowest BCUT2D eigenvalue weighted by molar-refractivity contribution is 0.477. The summed E-state index contributed by atoms with van der Waals surface area (Å²) < 4.78 is 21.3. The highest BCUT2D eigenvalue weighted by atomic mass is 16.5. The van der Waals surface area contributed by atoms with Gasteiger partial charge in [0.2, 0.25) is 0 Å². The lowest BCUT2D eigenvalue weighted by Gasteiger charge is -2.41. The molecule has 20 rings (SSSR count). The van der Waals surface area contributed by atoms with E-state index in [4.69, 9.17) is 9.47 Å². The second kappa shape index (κ2) is 12.8. The van der Waals surface area contributed by atoms with Crippen LogP contribution in [-0.4, -0.2) is 27.1 Å². The molecule has 11 aromatic carbocycles. The van der Waals surface area contributed by atoms with E-state index in [2.05, 4.69) is 236 Å². The lowest BCUT2D eigenvalue weighted by Crippen LogP contribution is -2.66. The fourth-order valence-electron chi connectivity index (χ4n) is 15.1. The standard InChI is InChI=1S/C66H35B2N5O2/c1-3-21-48-38(15-1)40-17-13-19-44-62(40)71(48)54-35-55-61-66-60(54)67(44)45-20-14-18-41-43-32-37(70-52-25-7-11-29-58(52)75-59-30-12-8-26-53(59)70)34-47(65(43)73(66)63(41)45)68(61)46-33-36(31-42-39-16-2-4-22-49(39)72(55)64(42)46)69-50-23-5-9-27-56(50)74-57-28-10-6-24-51(57)69/h1-35H. The molecule has 6 aliphatic heterocycles. The van der Waals surface area contributed by atoms with Crippen LogP contribution in [0.3, 0.4) is 0 Å². The number of aromatic nitrogens is 3. The van der Waals surface area contributed by atoms with E-state index in [-0.39, 0.29) is 13.4 Å². The zero-order valence-electron chi connectivity index (χ0n) is 39.9. The summed E-state index contributed by atoms with van der Waals surface area (Å²) in [6.07, 6.45) is 0. The Balaban J connectivity index is 0.995. The molecule has 14 aromatic rings. The van der Waals surface area contributed by atoms with Crippen molar-refractivity contribution in [2.24, 2.45) is 0 Å². The minimum absolute atomic E-state index is 0.0106. The Hall–Kier alpha value is -9.85. The molecule has 0 saturated carbocycles. The maximum Gasteiger partial charge on any atom is 0.252 e. The number of rotatable bonds is 2. The van der Waals surface area contributed by atoms with E-state index in [0.717, 1.165) is 57.1 Å². The molecule has 0 fully saturated rings. The maximum atomic E-state index is 6.67. The first-order chi connectivity index (χ1) is 37.2. The average molecular weight is 952 g/mol. The second-order valence-electron chi connectivity index (χ2n) is 21.1. The fraction of sp³-hybridized carbons (Fsp3) is 0. The van der Waals surface area contributed by atoms with Crippen LogP contribution in [0, 0.1) is 0 Å². The van der Waals surface area contributed by atoms with Gasteiger partial charge in [-0.1, -0.05) is 121 Å². The summed E-state index contributed by atoms with van der Waals surface area (Å²) in [5.41, 5.74) is 25.7. The highest BCUT2D eigenvalue weighted by Gasteiger charge is 2.49. The van der Waals surface area contributed by atoms with Crippen LogP contribution in [0.5, 0.6) is 23.0 Å². The van der Waals surface area contributed by atoms with Crippen LogP contribution < -0.4 is 52.1 Å². The third-order valence-electron chi connectivity index (χ3n) is 17.7. The summed E-state index contributed by atoms with van der Waals surface area (Å²) >= 11 is 0. The Bertz CT molecular complexity index is 4990. The Morgan fingerprint density at radius 3 is 1.17 bits per heavy atom. The molecule has 75 heavy (non-hydrogen) atoms. The number of hydrogen-bond acceptors (Lipinski definition) is 4. The molecule has 0 N–H and O–H groups in total. The minimum Gasteiger partial charge on any atom is -0.453 e. The van der Waals surface area contributed by atoms with E-state index in [1.54, 1.807) is 0 Å². The van der Waals surface area contributed by atoms with Crippen LogP contribution in [-0.2, 0) is 0 Å². The first kappa shape index (κ1) is 37.9. The number of fused-ring (bicyclic) bond motifs is 17. The van der Waals surface area contributed by atoms with E-state index in [1.165, 1.54) is 115 Å². The van der Waals surface area contributed by atoms with Gasteiger partial charge in [0.1, 0.15) is 0 Å². The molecule has 0 atom stereocenters. The van der Waals surface area contributed by atoms with Crippen LogP contribution in [0.2, 0.25) is 0 Å². The third-order valence-corrected chi connectivity index (χ3v) is 17.7. The van der Waals surface area contributed by atoms with Crippen molar-refractivity contribution in [2.75, 3.05) is 9.80 Å². The smallest absolute Gasteiger partial charge is 0.252 e. The molecule has 0 bridgehead atoms. The predicted molar refractivity (Wildman–Crippen MR) is 308 cm³/mol. The van der Waals surface area contributed by atoms with Gasteiger partial charge in [0.25, 0.3) is 13.4 Å². The Labute approximate surface area is 429 Å². The molecule has 9 heterocycles. The van der Waals surface area contributed by atoms with Gasteiger partial charge in [0.15, 0.2) is 23.0 Å². The van der Waals surface area contributed by atoms with Gasteiger partial charge in [-0.15, -0.1) is 0 Å². The van der Waals surface area contributed by atoms with E-state index in [0.29, 0.717) is 0 Å². The number of nitrogens with zero attached hydrogens (tertiary/aromatic N) is 5. The summed E-state index contributed by atoms with van der Waals surface area (Å²) in [6, 6.07) is 78.7. The van der Waals surface area contributed by atoms with Crippen molar-refractivity contribution in [3.05, 3.63) is 212 Å². The highest BCUT2D eigenvalue weighted by molar-refractivity contribution is 7.04. The molecule has 7 nitrogen and oxygen atoms in total. The van der Waals surface area contributed by atoms with Gasteiger partial charge in [-0.3, -0.25) is 0 Å². The van der Waals surface area contributed by atoms with Crippen LogP contribution in [0.1, 0.15) is 0 Å². The molecule has 6 aliphatic rings. The molecule has 0 radical (unpaired) electrons. The van der Waals surface area contributed by atoms with Crippen molar-refractivity contribution < 1.29 is 9.47 Å². The first-order valence-electron chi connectivity index (χ1n) is 26.0. The summed E-state index contributed by atoms with van der Waals surface area (Å²) in [5, 5.41) is 7.56. The van der Waals surface area contributed by atoms with Gasteiger partial charge >= 0.3 is 0 Å². The zero-order chi connectivity index (χ0) is 48.1. The quantitative estimate of drug-likeness (QED) is 0.162. The first-order valence-corrected chi connectivity index (χ1v) is 26.0. The Morgan fingerprint density at radius 1 is 0.280 bits per heavy atom. The van der Waals surface area contributed by atoms with Crippen LogP contribution in [0.25, 0.3) is 82.5 Å². The topological polar surface area (TPSA) is 39.7 Å². The predicted octanol–water partition coefficient (Wildman–Crippen LogP) is 12.4. The molecule has 0 amide bonds. The molecule has 0 saturated heterocycles. The maximum absolute atomic E-state index is 6.67. The van der Waals surface area contributed by atoms with E-state index >= 15 is 0 Å². The summed E-state index contributed by atoms with van der Waals surface area (Å²) in [4.78, 5) is 4.86. The highest BCUT2D eigenvalue weighted by Crippen LogP contribution is 2.54. The monoisotopic (exact) mass is 951 g/mol. The van der Waals surface area contributed by atoms with Gasteiger partial charge < -0.3 is 33.0 Å². The molecule has 342 valence electrons. The number of hydrogen-bond donors (Lipinski definition) is 0. The molecule has 0 unspecified atom stereocenters. The number of ether oxygens (including phenoxy) is 2. The summed E-state index contributed by atoms with van der Waals surface area (Å²) in [6.45, 7) is -0.144. The number of anilines is 6. The van der Waals surface area contributed by atoms with E-state index in [1.807, 2.05) is 0 Å². The summed E-state index contributed by atoms with van der Waals surface area (Å²) in [5.74, 6) is 3.36. The Morgan fingerprint density at radius 2 is 0.653 bits per heavy atom. The van der Waals surface area contributed by atoms with Gasteiger partial charge in [0, 0.05) is 82.8 Å². The molecule has 0 spiro atoms. The fourth-order valence-corrected chi connectivity index (χ4v) is 15.1. The van der Waals surface area contributed by atoms with Gasteiger partial charge in [-0.25, -0.2) is 0 Å². The Kier molecular flexibility index (Phi) is 6.48. The lowest BCUT2D eigenvalue weighted by atomic mass is 9.30. The normalized spacial score (nSPS) is 14.2. The molecular weight excluding hydrogens is 916 g/mol. The van der Waals surface area contributed by atoms with Crippen molar-refractivity contribution in [1.82, 2.24) is 13.7 Å². The molecule has 3 aromatic heterocycles. The number of benzene rings is 11. The van der Waals surface area contributed by atoms with Crippen molar-refractivity contribution in [3.8, 4) is 40.1 Å². The minimum atomic E-state index is -0.155. The molecule has 9 heteroatoms. The van der Waals surface area contributed by atoms with Crippen molar-refractivity contribution >= 4 is 146 Å². The SMILES string of the molecule is c1ccc2c(c1)Oc1ccccc1N2c1cc2c3c(c1)c1ccccc1n3-c1cc3c4c5c1B2c1cc(N2c6ccccc6Oc6ccccc62)cc2c6cccc(c6n-5c12)B4c1cccc2c4ccccc4n-3c12. The van der Waals surface area contributed by atoms with Gasteiger partial charge in [-0.05, 0) is 124 Å². The van der Waals surface area contributed by atoms with Gasteiger partial charge in [-0.2, -0.15) is 0 Å².